The molecule has 5 heteroatoms. The summed E-state index contributed by atoms with van der Waals surface area (Å²) in [5.41, 5.74) is 3.16. The molecule has 0 atom stereocenters. The van der Waals surface area contributed by atoms with Crippen LogP contribution in [0, 0.1) is 0 Å². The molecule has 0 aliphatic rings. The van der Waals surface area contributed by atoms with Crippen molar-refractivity contribution in [2.75, 3.05) is 0 Å². The van der Waals surface area contributed by atoms with Gasteiger partial charge in [0.2, 0.25) is 0 Å². The molecule has 5 nitrogen and oxygen atoms in total. The average molecular weight is 252 g/mol. The van der Waals surface area contributed by atoms with Gasteiger partial charge in [-0.15, -0.1) is 5.10 Å². The second-order valence-electron chi connectivity index (χ2n) is 4.15. The minimum Gasteiger partial charge on any atom is -0.411 e. The summed E-state index contributed by atoms with van der Waals surface area (Å²) in [6.07, 6.45) is 0. The largest absolute Gasteiger partial charge is 0.411 e. The molecule has 0 aliphatic carbocycles. The average Bonchev–Trinajstić information content (AvgIpc) is 2.89. The minimum absolute atomic E-state index is 0.376. The number of hydrogen-bond donors (Lipinski definition) is 1. The van der Waals surface area contributed by atoms with Gasteiger partial charge in [0.25, 0.3) is 0 Å². The highest BCUT2D eigenvalue weighted by Crippen LogP contribution is 2.11. The maximum absolute atomic E-state index is 9.18. The first-order valence-corrected chi connectivity index (χ1v) is 5.93. The normalized spacial score (nSPS) is 11.9. The molecular formula is C14H12N4O. The summed E-state index contributed by atoms with van der Waals surface area (Å²) in [6.45, 7) is 0.376. The smallest absolute Gasteiger partial charge is 0.113 e. The van der Waals surface area contributed by atoms with Crippen molar-refractivity contribution in [2.24, 2.45) is 5.16 Å². The molecule has 0 spiro atoms. The summed E-state index contributed by atoms with van der Waals surface area (Å²) in [7, 11) is 0. The van der Waals surface area contributed by atoms with E-state index in [1.54, 1.807) is 4.68 Å². The van der Waals surface area contributed by atoms with Crippen LogP contribution in [0.5, 0.6) is 0 Å². The predicted octanol–water partition coefficient (Wildman–Crippen LogP) is 2.31. The van der Waals surface area contributed by atoms with Crippen LogP contribution < -0.4 is 0 Å². The Balaban J connectivity index is 1.96. The van der Waals surface area contributed by atoms with Crippen molar-refractivity contribution in [1.29, 1.82) is 0 Å². The van der Waals surface area contributed by atoms with Crippen LogP contribution in [-0.2, 0) is 6.54 Å². The van der Waals surface area contributed by atoms with Gasteiger partial charge in [0.05, 0.1) is 12.1 Å². The van der Waals surface area contributed by atoms with Gasteiger partial charge in [-0.2, -0.15) is 0 Å². The summed E-state index contributed by atoms with van der Waals surface area (Å²) < 4.78 is 1.72. The van der Waals surface area contributed by atoms with E-state index in [2.05, 4.69) is 15.5 Å². The van der Waals surface area contributed by atoms with Gasteiger partial charge in [-0.1, -0.05) is 52.8 Å². The van der Waals surface area contributed by atoms with Crippen LogP contribution in [0.3, 0.4) is 0 Å². The lowest BCUT2D eigenvalue weighted by molar-refractivity contribution is 0.317. The molecule has 3 aromatic rings. The van der Waals surface area contributed by atoms with E-state index in [0.717, 1.165) is 16.6 Å². The predicted molar refractivity (Wildman–Crippen MR) is 72.3 cm³/mol. The van der Waals surface area contributed by atoms with Crippen LogP contribution in [0.25, 0.3) is 11.0 Å². The van der Waals surface area contributed by atoms with Gasteiger partial charge >= 0.3 is 0 Å². The summed E-state index contributed by atoms with van der Waals surface area (Å²) in [5, 5.41) is 20.7. The third-order valence-electron chi connectivity index (χ3n) is 2.95. The van der Waals surface area contributed by atoms with E-state index in [0.29, 0.717) is 12.3 Å². The molecule has 1 heterocycles. The van der Waals surface area contributed by atoms with E-state index >= 15 is 0 Å². The maximum atomic E-state index is 9.18. The van der Waals surface area contributed by atoms with Gasteiger partial charge in [-0.25, -0.2) is 4.68 Å². The zero-order valence-corrected chi connectivity index (χ0v) is 10.1. The maximum Gasteiger partial charge on any atom is 0.113 e. The third-order valence-corrected chi connectivity index (χ3v) is 2.95. The second kappa shape index (κ2) is 4.89. The molecule has 94 valence electrons. The number of benzene rings is 2. The van der Waals surface area contributed by atoms with Gasteiger partial charge in [0, 0.05) is 5.56 Å². The van der Waals surface area contributed by atoms with Gasteiger partial charge in [0.1, 0.15) is 11.2 Å². The van der Waals surface area contributed by atoms with Crippen molar-refractivity contribution in [3.8, 4) is 0 Å². The fourth-order valence-electron chi connectivity index (χ4n) is 1.99. The summed E-state index contributed by atoms with van der Waals surface area (Å²) >= 11 is 0. The van der Waals surface area contributed by atoms with Crippen LogP contribution in [-0.4, -0.2) is 25.9 Å². The van der Waals surface area contributed by atoms with Crippen LogP contribution in [0.1, 0.15) is 5.56 Å². The van der Waals surface area contributed by atoms with Crippen molar-refractivity contribution in [3.05, 3.63) is 60.2 Å². The van der Waals surface area contributed by atoms with Crippen molar-refractivity contribution in [2.45, 2.75) is 6.54 Å². The van der Waals surface area contributed by atoms with Crippen molar-refractivity contribution in [3.63, 3.8) is 0 Å². The molecule has 0 amide bonds. The molecule has 0 unspecified atom stereocenters. The van der Waals surface area contributed by atoms with Crippen molar-refractivity contribution >= 4 is 16.7 Å². The highest BCUT2D eigenvalue weighted by atomic mass is 16.4. The topological polar surface area (TPSA) is 63.3 Å². The van der Waals surface area contributed by atoms with Crippen LogP contribution in [0.4, 0.5) is 0 Å². The third kappa shape index (κ3) is 2.18. The number of aromatic nitrogens is 3. The zero-order valence-electron chi connectivity index (χ0n) is 10.1. The first-order chi connectivity index (χ1) is 9.38. The van der Waals surface area contributed by atoms with Gasteiger partial charge < -0.3 is 5.21 Å². The summed E-state index contributed by atoms with van der Waals surface area (Å²) in [4.78, 5) is 0. The van der Waals surface area contributed by atoms with Gasteiger partial charge in [-0.3, -0.25) is 0 Å². The summed E-state index contributed by atoms with van der Waals surface area (Å²) in [6, 6.07) is 17.2. The minimum atomic E-state index is 0.376. The zero-order chi connectivity index (χ0) is 13.1. The molecule has 0 saturated carbocycles. The molecule has 19 heavy (non-hydrogen) atoms. The number of nitrogens with zero attached hydrogens (tertiary/aromatic N) is 4. The van der Waals surface area contributed by atoms with Gasteiger partial charge in [-0.05, 0) is 12.1 Å². The Bertz CT molecular complexity index is 718. The number of rotatable bonds is 3. The van der Waals surface area contributed by atoms with E-state index in [4.69, 9.17) is 0 Å². The standard InChI is InChI=1S/C14H12N4O/c19-16-13(11-6-2-1-3-7-11)10-18-14-9-5-4-8-12(14)15-17-18/h1-9,19H,10H2/b16-13+. The first-order valence-electron chi connectivity index (χ1n) is 5.93. The van der Waals surface area contributed by atoms with Crippen LogP contribution in [0.2, 0.25) is 0 Å². The quantitative estimate of drug-likeness (QED) is 0.442. The number of fused-ring (bicyclic) bond motifs is 1. The van der Waals surface area contributed by atoms with E-state index in [9.17, 15) is 5.21 Å². The number of para-hydroxylation sites is 1. The molecule has 1 aromatic heterocycles. The molecule has 0 bridgehead atoms. The first kappa shape index (κ1) is 11.4. The van der Waals surface area contributed by atoms with Crippen LogP contribution >= 0.6 is 0 Å². The molecule has 1 N–H and O–H groups in total. The SMILES string of the molecule is O/N=C(\Cn1nnc2ccccc21)c1ccccc1. The van der Waals surface area contributed by atoms with Crippen LogP contribution in [0.15, 0.2) is 59.8 Å². The van der Waals surface area contributed by atoms with E-state index in [1.165, 1.54) is 0 Å². The highest BCUT2D eigenvalue weighted by molar-refractivity contribution is 6.00. The van der Waals surface area contributed by atoms with Crippen molar-refractivity contribution in [1.82, 2.24) is 15.0 Å². The van der Waals surface area contributed by atoms with Gasteiger partial charge in [0.15, 0.2) is 0 Å². The Labute approximate surface area is 109 Å². The molecule has 0 saturated heterocycles. The van der Waals surface area contributed by atoms with E-state index < -0.39 is 0 Å². The van der Waals surface area contributed by atoms with E-state index in [-0.39, 0.29) is 0 Å². The fourth-order valence-corrected chi connectivity index (χ4v) is 1.99. The summed E-state index contributed by atoms with van der Waals surface area (Å²) in [5.74, 6) is 0. The molecular weight excluding hydrogens is 240 g/mol. The van der Waals surface area contributed by atoms with Crippen molar-refractivity contribution < 1.29 is 5.21 Å². The molecule has 3 rings (SSSR count). The second-order valence-corrected chi connectivity index (χ2v) is 4.15. The lowest BCUT2D eigenvalue weighted by Crippen LogP contribution is -2.13. The molecule has 0 radical (unpaired) electrons. The lowest BCUT2D eigenvalue weighted by Gasteiger charge is -2.05. The number of oxime groups is 1. The Morgan fingerprint density at radius 1 is 1.05 bits per heavy atom. The fraction of sp³-hybridized carbons (Fsp3) is 0.0714. The Kier molecular flexibility index (Phi) is 2.94. The molecule has 2 aromatic carbocycles. The Morgan fingerprint density at radius 2 is 1.79 bits per heavy atom. The lowest BCUT2D eigenvalue weighted by atomic mass is 10.1. The Hall–Kier alpha value is -2.69. The monoisotopic (exact) mass is 252 g/mol. The highest BCUT2D eigenvalue weighted by Gasteiger charge is 2.09. The molecule has 0 fully saturated rings. The number of hydrogen-bond acceptors (Lipinski definition) is 4. The Morgan fingerprint density at radius 3 is 2.58 bits per heavy atom. The molecule has 0 aliphatic heterocycles. The van der Waals surface area contributed by atoms with E-state index in [1.807, 2.05) is 54.6 Å².